The van der Waals surface area contributed by atoms with Crippen LogP contribution in [-0.2, 0) is 19.3 Å². The number of hydrogen-bond acceptors (Lipinski definition) is 3. The van der Waals surface area contributed by atoms with Gasteiger partial charge in [-0.1, -0.05) is 42.5 Å². The van der Waals surface area contributed by atoms with E-state index < -0.39 is 6.10 Å². The molecule has 3 heteroatoms. The maximum Gasteiger partial charge on any atom is 0.122 e. The summed E-state index contributed by atoms with van der Waals surface area (Å²) in [5.41, 5.74) is 3.04. The van der Waals surface area contributed by atoms with Crippen LogP contribution in [0.5, 0.6) is 11.5 Å². The fraction of sp³-hybridized carbons (Fsp3) is 0.263. The van der Waals surface area contributed by atoms with Crippen LogP contribution in [0.2, 0.25) is 0 Å². The van der Waals surface area contributed by atoms with Crippen LogP contribution in [0.4, 0.5) is 0 Å². The Kier molecular flexibility index (Phi) is 5.23. The minimum atomic E-state index is -0.771. The molecule has 0 aliphatic heterocycles. The minimum Gasteiger partial charge on any atom is -0.508 e. The first-order valence-corrected chi connectivity index (χ1v) is 7.38. The van der Waals surface area contributed by atoms with E-state index in [0.717, 1.165) is 18.4 Å². The Morgan fingerprint density at radius 3 is 2.09 bits per heavy atom. The van der Waals surface area contributed by atoms with E-state index in [2.05, 4.69) is 18.7 Å². The van der Waals surface area contributed by atoms with Crippen molar-refractivity contribution in [1.82, 2.24) is 0 Å². The number of hydrogen-bond donors (Lipinski definition) is 3. The molecule has 2 rings (SSSR count). The van der Waals surface area contributed by atoms with Crippen LogP contribution in [0.1, 0.15) is 23.6 Å². The second-order valence-electron chi connectivity index (χ2n) is 5.66. The fourth-order valence-corrected chi connectivity index (χ4v) is 2.35. The molecule has 0 aliphatic carbocycles. The van der Waals surface area contributed by atoms with Crippen molar-refractivity contribution < 1.29 is 15.3 Å². The number of benzene rings is 2. The molecule has 0 aliphatic rings. The van der Waals surface area contributed by atoms with Crippen molar-refractivity contribution in [2.45, 2.75) is 32.3 Å². The molecular weight excluding hydrogens is 276 g/mol. The summed E-state index contributed by atoms with van der Waals surface area (Å²) in [6, 6.07) is 13.4. The highest BCUT2D eigenvalue weighted by Gasteiger charge is 2.15. The third kappa shape index (κ3) is 4.12. The lowest BCUT2D eigenvalue weighted by molar-refractivity contribution is 0.209. The van der Waals surface area contributed by atoms with Crippen molar-refractivity contribution in [3.05, 3.63) is 71.3 Å². The first kappa shape index (κ1) is 16.1. The number of aryl methyl sites for hydroxylation is 2. The van der Waals surface area contributed by atoms with Crippen molar-refractivity contribution in [1.29, 1.82) is 0 Å². The summed E-state index contributed by atoms with van der Waals surface area (Å²) in [4.78, 5) is 0. The summed E-state index contributed by atoms with van der Waals surface area (Å²) in [7, 11) is 0. The summed E-state index contributed by atoms with van der Waals surface area (Å²) in [5, 5.41) is 30.0. The van der Waals surface area contributed by atoms with Gasteiger partial charge < -0.3 is 15.3 Å². The SMILES string of the molecule is C=C(C)[C@H](O)Cc1c(O)cc(CCc2ccccc2)cc1O. The topological polar surface area (TPSA) is 60.7 Å². The van der Waals surface area contributed by atoms with Gasteiger partial charge in [0.15, 0.2) is 0 Å². The van der Waals surface area contributed by atoms with Crippen molar-refractivity contribution >= 4 is 0 Å². The molecule has 0 spiro atoms. The largest absolute Gasteiger partial charge is 0.508 e. The van der Waals surface area contributed by atoms with Crippen molar-refractivity contribution in [3.8, 4) is 11.5 Å². The first-order chi connectivity index (χ1) is 10.5. The van der Waals surface area contributed by atoms with Gasteiger partial charge in [0.1, 0.15) is 11.5 Å². The number of aliphatic hydroxyl groups is 1. The molecule has 0 aromatic heterocycles. The molecule has 0 unspecified atom stereocenters. The molecule has 3 N–H and O–H groups in total. The molecular formula is C19H22O3. The Morgan fingerprint density at radius 2 is 1.55 bits per heavy atom. The van der Waals surface area contributed by atoms with E-state index in [1.165, 1.54) is 5.56 Å². The smallest absolute Gasteiger partial charge is 0.122 e. The van der Waals surface area contributed by atoms with Crippen LogP contribution >= 0.6 is 0 Å². The molecule has 2 aromatic carbocycles. The van der Waals surface area contributed by atoms with Gasteiger partial charge in [-0.15, -0.1) is 0 Å². The highest BCUT2D eigenvalue weighted by atomic mass is 16.3. The number of rotatable bonds is 6. The zero-order valence-electron chi connectivity index (χ0n) is 12.8. The Labute approximate surface area is 131 Å². The Bertz CT molecular complexity index is 624. The Balaban J connectivity index is 2.10. The third-order valence-corrected chi connectivity index (χ3v) is 3.77. The van der Waals surface area contributed by atoms with E-state index in [0.29, 0.717) is 11.1 Å². The lowest BCUT2D eigenvalue weighted by Crippen LogP contribution is -2.11. The maximum atomic E-state index is 10.1. The summed E-state index contributed by atoms with van der Waals surface area (Å²) in [6.07, 6.45) is 0.959. The van der Waals surface area contributed by atoms with Crippen LogP contribution in [-0.4, -0.2) is 21.4 Å². The van der Waals surface area contributed by atoms with E-state index in [1.54, 1.807) is 19.1 Å². The van der Waals surface area contributed by atoms with Gasteiger partial charge in [0.2, 0.25) is 0 Å². The van der Waals surface area contributed by atoms with Gasteiger partial charge in [-0.3, -0.25) is 0 Å². The molecule has 0 amide bonds. The third-order valence-electron chi connectivity index (χ3n) is 3.77. The van der Waals surface area contributed by atoms with Gasteiger partial charge in [-0.25, -0.2) is 0 Å². The number of phenolic OH excluding ortho intramolecular Hbond substituents is 2. The summed E-state index contributed by atoms with van der Waals surface area (Å²) in [6.45, 7) is 5.39. The monoisotopic (exact) mass is 298 g/mol. The standard InChI is InChI=1S/C19H22O3/c1-13(2)17(20)12-16-18(21)10-15(11-19(16)22)9-8-14-6-4-3-5-7-14/h3-7,10-11,17,20-22H,1,8-9,12H2,2H3/t17-/m1/s1. The van der Waals surface area contributed by atoms with E-state index in [1.807, 2.05) is 18.2 Å². The van der Waals surface area contributed by atoms with Crippen molar-refractivity contribution in [2.75, 3.05) is 0 Å². The van der Waals surface area contributed by atoms with Gasteiger partial charge in [-0.05, 0) is 43.0 Å². The molecule has 0 saturated carbocycles. The second-order valence-corrected chi connectivity index (χ2v) is 5.66. The normalized spacial score (nSPS) is 12.1. The highest BCUT2D eigenvalue weighted by molar-refractivity contribution is 5.47. The zero-order chi connectivity index (χ0) is 16.1. The van der Waals surface area contributed by atoms with Gasteiger partial charge in [0.25, 0.3) is 0 Å². The Morgan fingerprint density at radius 1 is 1.00 bits per heavy atom. The summed E-state index contributed by atoms with van der Waals surface area (Å²) >= 11 is 0. The molecule has 0 saturated heterocycles. The predicted octanol–water partition coefficient (Wildman–Crippen LogP) is 3.36. The molecule has 2 aromatic rings. The van der Waals surface area contributed by atoms with Gasteiger partial charge in [-0.2, -0.15) is 0 Å². The van der Waals surface area contributed by atoms with Crippen LogP contribution in [0, 0.1) is 0 Å². The summed E-state index contributed by atoms with van der Waals surface area (Å²) < 4.78 is 0. The second kappa shape index (κ2) is 7.14. The molecule has 1 atom stereocenters. The average Bonchev–Trinajstić information content (AvgIpc) is 2.49. The lowest BCUT2D eigenvalue weighted by Gasteiger charge is -2.14. The number of aromatic hydroxyl groups is 2. The average molecular weight is 298 g/mol. The van der Waals surface area contributed by atoms with Crippen LogP contribution in [0.25, 0.3) is 0 Å². The molecule has 0 bridgehead atoms. The lowest BCUT2D eigenvalue weighted by atomic mass is 9.97. The highest BCUT2D eigenvalue weighted by Crippen LogP contribution is 2.31. The number of phenols is 2. The van der Waals surface area contributed by atoms with Crippen LogP contribution in [0.15, 0.2) is 54.6 Å². The van der Waals surface area contributed by atoms with E-state index >= 15 is 0 Å². The van der Waals surface area contributed by atoms with Gasteiger partial charge in [0.05, 0.1) is 6.10 Å². The van der Waals surface area contributed by atoms with E-state index in [9.17, 15) is 15.3 Å². The van der Waals surface area contributed by atoms with Gasteiger partial charge >= 0.3 is 0 Å². The molecule has 3 nitrogen and oxygen atoms in total. The Hall–Kier alpha value is -2.26. The van der Waals surface area contributed by atoms with Gasteiger partial charge in [0, 0.05) is 12.0 Å². The molecule has 0 fully saturated rings. The quantitative estimate of drug-likeness (QED) is 0.717. The molecule has 0 heterocycles. The van der Waals surface area contributed by atoms with Crippen LogP contribution < -0.4 is 0 Å². The van der Waals surface area contributed by atoms with Crippen LogP contribution in [0.3, 0.4) is 0 Å². The number of aliphatic hydroxyl groups excluding tert-OH is 1. The van der Waals surface area contributed by atoms with E-state index in [4.69, 9.17) is 0 Å². The molecule has 116 valence electrons. The van der Waals surface area contributed by atoms with Crippen molar-refractivity contribution in [3.63, 3.8) is 0 Å². The minimum absolute atomic E-state index is 0.0170. The maximum absolute atomic E-state index is 10.1. The zero-order valence-corrected chi connectivity index (χ0v) is 12.8. The van der Waals surface area contributed by atoms with E-state index in [-0.39, 0.29) is 17.9 Å². The first-order valence-electron chi connectivity index (χ1n) is 7.38. The predicted molar refractivity (Wildman–Crippen MR) is 88.1 cm³/mol. The fourth-order valence-electron chi connectivity index (χ4n) is 2.35. The van der Waals surface area contributed by atoms with Crippen molar-refractivity contribution in [2.24, 2.45) is 0 Å². The molecule has 22 heavy (non-hydrogen) atoms. The molecule has 0 radical (unpaired) electrons. The summed E-state index contributed by atoms with van der Waals surface area (Å²) in [5.74, 6) is 0.0340.